The van der Waals surface area contributed by atoms with E-state index in [4.69, 9.17) is 0 Å². The van der Waals surface area contributed by atoms with Gasteiger partial charge in [0.05, 0.1) is 4.92 Å². The number of hydrogen-bond acceptors (Lipinski definition) is 4. The number of carboxylic acid groups (broad SMARTS) is 1. The van der Waals surface area contributed by atoms with Gasteiger partial charge in [0.15, 0.2) is 0 Å². The van der Waals surface area contributed by atoms with Crippen LogP contribution in [0.1, 0.15) is 48.5 Å². The monoisotopic (exact) mass is 292 g/mol. The van der Waals surface area contributed by atoms with Gasteiger partial charge in [-0.05, 0) is 31.2 Å². The molecule has 0 unspecified atom stereocenters. The molecule has 1 atom stereocenters. The average molecular weight is 292 g/mol. The van der Waals surface area contributed by atoms with E-state index >= 15 is 0 Å². The van der Waals surface area contributed by atoms with Crippen LogP contribution in [0.5, 0.6) is 0 Å². The third kappa shape index (κ3) is 3.58. The quantitative estimate of drug-likeness (QED) is 0.621. The number of benzene rings is 1. The lowest BCUT2D eigenvalue weighted by Crippen LogP contribution is -2.32. The molecule has 1 aromatic carbocycles. The van der Waals surface area contributed by atoms with E-state index in [1.807, 2.05) is 0 Å². The first-order valence-electron chi connectivity index (χ1n) is 7.23. The molecule has 0 radical (unpaired) electrons. The molecule has 1 aliphatic carbocycles. The van der Waals surface area contributed by atoms with Gasteiger partial charge in [0, 0.05) is 18.7 Å². The predicted molar refractivity (Wildman–Crippen MR) is 78.3 cm³/mol. The van der Waals surface area contributed by atoms with Gasteiger partial charge in [-0.2, -0.15) is 0 Å². The van der Waals surface area contributed by atoms with Crippen molar-refractivity contribution in [3.63, 3.8) is 0 Å². The van der Waals surface area contributed by atoms with Gasteiger partial charge in [-0.15, -0.1) is 0 Å². The molecule has 0 heterocycles. The number of nitrogens with zero attached hydrogens (tertiary/aromatic N) is 1. The lowest BCUT2D eigenvalue weighted by molar-refractivity contribution is -0.385. The van der Waals surface area contributed by atoms with Crippen LogP contribution in [0, 0.1) is 16.0 Å². The highest BCUT2D eigenvalue weighted by molar-refractivity contribution is 5.94. The van der Waals surface area contributed by atoms with Crippen LogP contribution in [0.15, 0.2) is 18.2 Å². The van der Waals surface area contributed by atoms with Gasteiger partial charge in [0.2, 0.25) is 0 Å². The molecular formula is C15H20N2O4. The molecule has 1 aliphatic rings. The van der Waals surface area contributed by atoms with Crippen molar-refractivity contribution in [2.24, 2.45) is 5.92 Å². The van der Waals surface area contributed by atoms with E-state index < -0.39 is 10.9 Å². The summed E-state index contributed by atoms with van der Waals surface area (Å²) in [5.74, 6) is -0.649. The Morgan fingerprint density at radius 3 is 2.71 bits per heavy atom. The number of carbonyl (C=O) groups is 1. The van der Waals surface area contributed by atoms with Gasteiger partial charge >= 0.3 is 5.97 Å². The summed E-state index contributed by atoms with van der Waals surface area (Å²) in [5.41, 5.74) is -0.106. The molecule has 0 spiro atoms. The molecule has 1 fully saturated rings. The van der Waals surface area contributed by atoms with Crippen molar-refractivity contribution in [1.29, 1.82) is 0 Å². The first kappa shape index (κ1) is 15.4. The third-order valence-electron chi connectivity index (χ3n) is 4.26. The normalized spacial score (nSPS) is 16.8. The molecule has 0 saturated heterocycles. The van der Waals surface area contributed by atoms with Crippen LogP contribution < -0.4 is 5.32 Å². The van der Waals surface area contributed by atoms with Crippen LogP contribution in [0.4, 0.5) is 5.69 Å². The standard InChI is InChI=1S/C15H20N2O4/c1-10(11-5-2-3-6-11)16-9-12-7-4-8-13(17(20)21)14(12)15(18)19/h4,7-8,10-11,16H,2-3,5-6,9H2,1H3,(H,18,19)/t10-/m1/s1. The fourth-order valence-electron chi connectivity index (χ4n) is 3.03. The first-order valence-corrected chi connectivity index (χ1v) is 7.23. The van der Waals surface area contributed by atoms with Gasteiger partial charge in [-0.25, -0.2) is 4.79 Å². The number of nitro benzene ring substituents is 1. The lowest BCUT2D eigenvalue weighted by atomic mass is 9.99. The van der Waals surface area contributed by atoms with Crippen molar-refractivity contribution in [1.82, 2.24) is 5.32 Å². The predicted octanol–water partition coefficient (Wildman–Crippen LogP) is 2.96. The van der Waals surface area contributed by atoms with Crippen LogP contribution in [-0.4, -0.2) is 22.0 Å². The Morgan fingerprint density at radius 1 is 1.48 bits per heavy atom. The molecule has 1 saturated carbocycles. The maximum atomic E-state index is 11.3. The Bertz CT molecular complexity index is 538. The molecule has 0 aliphatic heterocycles. The van der Waals surface area contributed by atoms with Crippen molar-refractivity contribution in [3.8, 4) is 0 Å². The maximum Gasteiger partial charge on any atom is 0.343 e. The zero-order chi connectivity index (χ0) is 15.4. The lowest BCUT2D eigenvalue weighted by Gasteiger charge is -2.20. The highest BCUT2D eigenvalue weighted by Gasteiger charge is 2.25. The van der Waals surface area contributed by atoms with Crippen LogP contribution >= 0.6 is 0 Å². The largest absolute Gasteiger partial charge is 0.477 e. The molecular weight excluding hydrogens is 272 g/mol. The van der Waals surface area contributed by atoms with Crippen LogP contribution in [0.25, 0.3) is 0 Å². The van der Waals surface area contributed by atoms with E-state index in [1.54, 1.807) is 6.07 Å². The Morgan fingerprint density at radius 2 is 2.14 bits per heavy atom. The summed E-state index contributed by atoms with van der Waals surface area (Å²) >= 11 is 0. The Kier molecular flexibility index (Phi) is 4.90. The fraction of sp³-hybridized carbons (Fsp3) is 0.533. The number of nitro groups is 1. The fourth-order valence-corrected chi connectivity index (χ4v) is 3.03. The summed E-state index contributed by atoms with van der Waals surface area (Å²) in [7, 11) is 0. The van der Waals surface area contributed by atoms with Crippen molar-refractivity contribution in [2.45, 2.75) is 45.2 Å². The molecule has 2 rings (SSSR count). The van der Waals surface area contributed by atoms with E-state index in [2.05, 4.69) is 12.2 Å². The van der Waals surface area contributed by atoms with E-state index in [0.717, 1.165) is 0 Å². The second kappa shape index (κ2) is 6.67. The van der Waals surface area contributed by atoms with E-state index in [9.17, 15) is 20.0 Å². The smallest absolute Gasteiger partial charge is 0.343 e. The van der Waals surface area contributed by atoms with Gasteiger partial charge in [0.25, 0.3) is 5.69 Å². The summed E-state index contributed by atoms with van der Waals surface area (Å²) < 4.78 is 0. The van der Waals surface area contributed by atoms with Crippen molar-refractivity contribution < 1.29 is 14.8 Å². The average Bonchev–Trinajstić information content (AvgIpc) is 2.98. The van der Waals surface area contributed by atoms with Crippen LogP contribution in [0.2, 0.25) is 0 Å². The Balaban J connectivity index is 2.13. The van der Waals surface area contributed by atoms with Crippen molar-refractivity contribution in [3.05, 3.63) is 39.4 Å². The van der Waals surface area contributed by atoms with Gasteiger partial charge in [-0.1, -0.05) is 25.0 Å². The molecule has 0 aromatic heterocycles. The SMILES string of the molecule is C[C@@H](NCc1cccc([N+](=O)[O-])c1C(=O)O)C1CCCC1. The second-order valence-corrected chi connectivity index (χ2v) is 5.59. The minimum Gasteiger partial charge on any atom is -0.477 e. The number of nitrogens with one attached hydrogen (secondary N) is 1. The summed E-state index contributed by atoms with van der Waals surface area (Å²) in [4.78, 5) is 21.6. The zero-order valence-electron chi connectivity index (χ0n) is 12.0. The molecule has 6 nitrogen and oxygen atoms in total. The molecule has 2 N–H and O–H groups in total. The van der Waals surface area contributed by atoms with E-state index in [1.165, 1.54) is 37.8 Å². The summed E-state index contributed by atoms with van der Waals surface area (Å²) in [6.07, 6.45) is 4.87. The first-order chi connectivity index (χ1) is 10.0. The van der Waals surface area contributed by atoms with E-state index in [0.29, 0.717) is 18.0 Å². The third-order valence-corrected chi connectivity index (χ3v) is 4.26. The molecule has 114 valence electrons. The topological polar surface area (TPSA) is 92.5 Å². The minimum absolute atomic E-state index is 0.214. The highest BCUT2D eigenvalue weighted by Crippen LogP contribution is 2.28. The maximum absolute atomic E-state index is 11.3. The van der Waals surface area contributed by atoms with Crippen molar-refractivity contribution in [2.75, 3.05) is 0 Å². The number of rotatable bonds is 6. The molecule has 1 aromatic rings. The Hall–Kier alpha value is -1.95. The van der Waals surface area contributed by atoms with Gasteiger partial charge in [-0.3, -0.25) is 10.1 Å². The number of aromatic carboxylic acids is 1. The molecule has 6 heteroatoms. The van der Waals surface area contributed by atoms with Crippen molar-refractivity contribution >= 4 is 11.7 Å². The van der Waals surface area contributed by atoms with Crippen LogP contribution in [0.3, 0.4) is 0 Å². The minimum atomic E-state index is -1.26. The van der Waals surface area contributed by atoms with E-state index in [-0.39, 0.29) is 17.3 Å². The molecule has 0 bridgehead atoms. The summed E-state index contributed by atoms with van der Waals surface area (Å²) in [6.45, 7) is 2.43. The highest BCUT2D eigenvalue weighted by atomic mass is 16.6. The molecule has 21 heavy (non-hydrogen) atoms. The number of carboxylic acids is 1. The Labute approximate surface area is 123 Å². The molecule has 0 amide bonds. The number of hydrogen-bond donors (Lipinski definition) is 2. The summed E-state index contributed by atoms with van der Waals surface area (Å²) in [6, 6.07) is 4.67. The summed E-state index contributed by atoms with van der Waals surface area (Å²) in [5, 5.41) is 23.5. The zero-order valence-corrected chi connectivity index (χ0v) is 12.0. The van der Waals surface area contributed by atoms with Crippen LogP contribution in [-0.2, 0) is 6.54 Å². The van der Waals surface area contributed by atoms with Gasteiger partial charge in [0.1, 0.15) is 5.56 Å². The van der Waals surface area contributed by atoms with Gasteiger partial charge < -0.3 is 10.4 Å². The second-order valence-electron chi connectivity index (χ2n) is 5.59.